The summed E-state index contributed by atoms with van der Waals surface area (Å²) in [6, 6.07) is 28.8. The summed E-state index contributed by atoms with van der Waals surface area (Å²) < 4.78 is 32.4. The third-order valence-electron chi connectivity index (χ3n) is 9.62. The van der Waals surface area contributed by atoms with Crippen molar-refractivity contribution in [1.82, 2.24) is 29.5 Å². The second-order valence-electron chi connectivity index (χ2n) is 13.9. The topological polar surface area (TPSA) is 147 Å². The third-order valence-corrected chi connectivity index (χ3v) is 13.5. The Kier molecular flexibility index (Phi) is 11.7. The van der Waals surface area contributed by atoms with Crippen molar-refractivity contribution < 1.29 is 23.1 Å². The van der Waals surface area contributed by atoms with Crippen molar-refractivity contribution in [2.24, 2.45) is 13.0 Å². The van der Waals surface area contributed by atoms with Crippen molar-refractivity contribution >= 4 is 65.8 Å². The molecule has 3 atom stereocenters. The smallest absolute Gasteiger partial charge is 0.251 e. The summed E-state index contributed by atoms with van der Waals surface area (Å²) in [5, 5.41) is 17.7. The molecule has 2 amide bonds. The van der Waals surface area contributed by atoms with Gasteiger partial charge in [-0.1, -0.05) is 62.4 Å². The monoisotopic (exact) mass is 806 g/mol. The van der Waals surface area contributed by atoms with Gasteiger partial charge < -0.3 is 20.3 Å². The van der Waals surface area contributed by atoms with E-state index in [1.54, 1.807) is 60.2 Å². The highest BCUT2D eigenvalue weighted by atomic mass is 32.2. The number of hydrogen-bond donors (Lipinski definition) is 3. The molecule has 56 heavy (non-hydrogen) atoms. The minimum absolute atomic E-state index is 0.0252. The predicted octanol–water partition coefficient (Wildman–Crippen LogP) is 6.87. The first-order valence-corrected chi connectivity index (χ1v) is 21.3. The number of nitrogens with one attached hydrogen (secondary N) is 2. The fourth-order valence-corrected chi connectivity index (χ4v) is 10.7. The summed E-state index contributed by atoms with van der Waals surface area (Å²) in [7, 11) is -2.12. The zero-order valence-electron chi connectivity index (χ0n) is 31.1. The first-order valence-electron chi connectivity index (χ1n) is 18.2. The van der Waals surface area contributed by atoms with E-state index in [9.17, 15) is 23.1 Å². The van der Waals surface area contributed by atoms with Crippen molar-refractivity contribution in [3.8, 4) is 0 Å². The summed E-state index contributed by atoms with van der Waals surface area (Å²) in [5.41, 5.74) is 5.24. The first-order chi connectivity index (χ1) is 27.0. The molecule has 14 heteroatoms. The van der Waals surface area contributed by atoms with E-state index in [0.717, 1.165) is 37.3 Å². The molecule has 4 aromatic heterocycles. The Balaban J connectivity index is 1.19. The third kappa shape index (κ3) is 8.15. The molecule has 0 fully saturated rings. The molecule has 7 aromatic rings. The van der Waals surface area contributed by atoms with Gasteiger partial charge in [0.05, 0.1) is 39.8 Å². The maximum atomic E-state index is 14.5. The maximum absolute atomic E-state index is 14.5. The number of nitrogens with zero attached hydrogens (tertiary/aromatic N) is 4. The Hall–Kier alpha value is -5.25. The normalized spacial score (nSPS) is 13.6. The quantitative estimate of drug-likeness (QED) is 0.103. The molecule has 0 radical (unpaired) electrons. The first kappa shape index (κ1) is 39.0. The molecule has 4 heterocycles. The van der Waals surface area contributed by atoms with E-state index in [0.29, 0.717) is 10.4 Å². The van der Waals surface area contributed by atoms with Crippen LogP contribution in [0, 0.1) is 5.92 Å². The van der Waals surface area contributed by atoms with Gasteiger partial charge in [0, 0.05) is 52.6 Å². The lowest BCUT2D eigenvalue weighted by molar-refractivity contribution is -0.123. The molecule has 7 rings (SSSR count). The Bertz CT molecular complexity index is 2570. The Labute approximate surface area is 333 Å². The Morgan fingerprint density at radius 3 is 2.41 bits per heavy atom. The summed E-state index contributed by atoms with van der Waals surface area (Å²) in [4.78, 5) is 38.7. The van der Waals surface area contributed by atoms with E-state index in [2.05, 4.69) is 20.6 Å². The van der Waals surface area contributed by atoms with Crippen molar-refractivity contribution in [2.75, 3.05) is 13.2 Å². The van der Waals surface area contributed by atoms with Gasteiger partial charge in [-0.2, -0.15) is 4.31 Å². The lowest BCUT2D eigenvalue weighted by atomic mass is 9.84. The molecule has 0 aliphatic carbocycles. The number of aryl methyl sites for hydroxylation is 1. The largest absolute Gasteiger partial charge is 0.394 e. The molecule has 0 aliphatic rings. The summed E-state index contributed by atoms with van der Waals surface area (Å²) in [5.74, 6) is -1.41. The van der Waals surface area contributed by atoms with Crippen molar-refractivity contribution in [2.45, 2.75) is 43.3 Å². The number of pyridine rings is 1. The Morgan fingerprint density at radius 2 is 1.68 bits per heavy atom. The van der Waals surface area contributed by atoms with Gasteiger partial charge in [0.15, 0.2) is 0 Å². The number of aliphatic hydroxyl groups is 1. The molecule has 0 saturated carbocycles. The lowest BCUT2D eigenvalue weighted by Gasteiger charge is -2.30. The minimum Gasteiger partial charge on any atom is -0.394 e. The fourth-order valence-electron chi connectivity index (χ4n) is 6.98. The van der Waals surface area contributed by atoms with Crippen LogP contribution in [0.25, 0.3) is 21.3 Å². The number of aromatic nitrogens is 3. The number of fused-ring (bicyclic) bond motifs is 2. The van der Waals surface area contributed by atoms with E-state index in [-0.39, 0.29) is 23.9 Å². The highest BCUT2D eigenvalue weighted by Gasteiger charge is 2.36. The van der Waals surface area contributed by atoms with E-state index < -0.39 is 46.4 Å². The zero-order chi connectivity index (χ0) is 39.4. The van der Waals surface area contributed by atoms with Gasteiger partial charge in [0.1, 0.15) is 11.7 Å². The zero-order valence-corrected chi connectivity index (χ0v) is 33.5. The average molecular weight is 807 g/mol. The molecule has 11 nitrogen and oxygen atoms in total. The van der Waals surface area contributed by atoms with Crippen LogP contribution in [0.1, 0.15) is 57.0 Å². The van der Waals surface area contributed by atoms with Crippen LogP contribution in [-0.4, -0.2) is 63.4 Å². The number of sulfonamides is 1. The summed E-state index contributed by atoms with van der Waals surface area (Å²) >= 11 is 2.69. The van der Waals surface area contributed by atoms with Crippen LogP contribution >= 0.6 is 22.7 Å². The van der Waals surface area contributed by atoms with Gasteiger partial charge in [-0.05, 0) is 71.6 Å². The molecule has 3 aromatic carbocycles. The fraction of sp³-hybridized carbons (Fsp3) is 0.238. The molecule has 0 bridgehead atoms. The van der Waals surface area contributed by atoms with Gasteiger partial charge >= 0.3 is 0 Å². The van der Waals surface area contributed by atoms with Crippen molar-refractivity contribution in [3.63, 3.8) is 0 Å². The number of carbonyl (C=O) groups excluding carboxylic acids is 2. The molecule has 3 N–H and O–H groups in total. The maximum Gasteiger partial charge on any atom is 0.251 e. The average Bonchev–Trinajstić information content (AvgIpc) is 3.96. The standard InChI is InChI=1S/C42H42N6O5S3/c1-27(2)23-48(56(52,53)31-17-18-34-37(21-31)54-26-45-34)35(25-49)36-19-16-30(55-36)22-44-42(51)39(46-41(50)29-13-8-5-9-14-29)38(28-11-6-4-7-12-28)33-24-47(3)40-32(33)15-10-20-43-40/h4-21,24,26-27,35,38-39,49H,22-23,25H2,1-3H3,(H,44,51)(H,46,50). The number of amides is 2. The predicted molar refractivity (Wildman–Crippen MR) is 221 cm³/mol. The van der Waals surface area contributed by atoms with Crippen LogP contribution in [0.3, 0.4) is 0 Å². The van der Waals surface area contributed by atoms with Crippen LogP contribution in [0.15, 0.2) is 126 Å². The number of thiazole rings is 1. The van der Waals surface area contributed by atoms with Crippen LogP contribution < -0.4 is 10.6 Å². The molecular formula is C42H42N6O5S3. The number of benzene rings is 3. The number of rotatable bonds is 15. The summed E-state index contributed by atoms with van der Waals surface area (Å²) in [6.45, 7) is 3.72. The molecule has 0 spiro atoms. The SMILES string of the molecule is CC(C)CN(C(CO)c1ccc(CNC(=O)C(NC(=O)c2ccccc2)C(c2ccccc2)c2cn(C)c3ncccc23)s1)S(=O)(=O)c1ccc2ncsc2c1. The number of carbonyl (C=O) groups is 2. The highest BCUT2D eigenvalue weighted by molar-refractivity contribution is 7.89. The number of aliphatic hydroxyl groups excluding tert-OH is 1. The van der Waals surface area contributed by atoms with E-state index in [1.165, 1.54) is 27.0 Å². The minimum atomic E-state index is -4.02. The number of thiophene rings is 1. The van der Waals surface area contributed by atoms with Gasteiger partial charge in [0.25, 0.3) is 5.91 Å². The van der Waals surface area contributed by atoms with E-state index in [1.807, 2.05) is 86.3 Å². The van der Waals surface area contributed by atoms with Gasteiger partial charge in [-0.3, -0.25) is 9.59 Å². The molecule has 0 saturated heterocycles. The van der Waals surface area contributed by atoms with Crippen LogP contribution in [0.5, 0.6) is 0 Å². The van der Waals surface area contributed by atoms with E-state index >= 15 is 0 Å². The lowest BCUT2D eigenvalue weighted by Crippen LogP contribution is -2.50. The van der Waals surface area contributed by atoms with Gasteiger partial charge in [-0.15, -0.1) is 22.7 Å². The highest BCUT2D eigenvalue weighted by Crippen LogP contribution is 2.36. The second kappa shape index (κ2) is 16.9. The van der Waals surface area contributed by atoms with Crippen molar-refractivity contribution in [1.29, 1.82) is 0 Å². The van der Waals surface area contributed by atoms with Crippen LogP contribution in [0.2, 0.25) is 0 Å². The van der Waals surface area contributed by atoms with Gasteiger partial charge in [-0.25, -0.2) is 18.4 Å². The van der Waals surface area contributed by atoms with Crippen molar-refractivity contribution in [3.05, 3.63) is 147 Å². The number of hydrogen-bond acceptors (Lipinski definition) is 9. The summed E-state index contributed by atoms with van der Waals surface area (Å²) in [6.07, 6.45) is 3.68. The molecule has 288 valence electrons. The Morgan fingerprint density at radius 1 is 0.929 bits per heavy atom. The van der Waals surface area contributed by atoms with Crippen LogP contribution in [0.4, 0.5) is 0 Å². The molecule has 0 aliphatic heterocycles. The molecular weight excluding hydrogens is 765 g/mol. The van der Waals surface area contributed by atoms with Gasteiger partial charge in [0.2, 0.25) is 15.9 Å². The molecule has 3 unspecified atom stereocenters. The second-order valence-corrected chi connectivity index (χ2v) is 17.9. The van der Waals surface area contributed by atoms with Crippen LogP contribution in [-0.2, 0) is 28.4 Å². The van der Waals surface area contributed by atoms with E-state index in [4.69, 9.17) is 0 Å².